The molecule has 1 N–H and O–H groups in total. The number of benzene rings is 2. The molecular weight excluding hydrogens is 492 g/mol. The summed E-state index contributed by atoms with van der Waals surface area (Å²) < 4.78 is 11.8. The quantitative estimate of drug-likeness (QED) is 0.492. The van der Waals surface area contributed by atoms with Crippen LogP contribution in [-0.2, 0) is 14.4 Å². The van der Waals surface area contributed by atoms with E-state index >= 15 is 0 Å². The number of allylic oxidation sites excluding steroid dienone is 4. The van der Waals surface area contributed by atoms with Crippen LogP contribution in [0.15, 0.2) is 58.9 Å². The third-order valence-electron chi connectivity index (χ3n) is 7.87. The standard InChI is InChI=1S/C32H36N2O5/c1-5-38-28-17-21(14-15-27(28)39-18-29(37)33-22-16-19(2)12-13-20(22)3)30-31-23(8-6-10-25(31)35)34(4)24-9-7-11-26(36)32(24)30/h12-17,30H,5-11,18H2,1-4H3,(H,33,37). The van der Waals surface area contributed by atoms with E-state index in [9.17, 15) is 14.4 Å². The van der Waals surface area contributed by atoms with Crippen molar-refractivity contribution in [2.75, 3.05) is 25.6 Å². The molecule has 0 unspecified atom stereocenters. The van der Waals surface area contributed by atoms with E-state index in [1.165, 1.54) is 0 Å². The second kappa shape index (κ2) is 11.1. The van der Waals surface area contributed by atoms with E-state index in [-0.39, 0.29) is 24.1 Å². The van der Waals surface area contributed by atoms with E-state index in [4.69, 9.17) is 9.47 Å². The molecule has 0 fully saturated rings. The number of ketones is 2. The molecule has 0 saturated carbocycles. The van der Waals surface area contributed by atoms with Crippen LogP contribution in [0.25, 0.3) is 0 Å². The van der Waals surface area contributed by atoms with Gasteiger partial charge >= 0.3 is 0 Å². The fraction of sp³-hybridized carbons (Fsp3) is 0.406. The van der Waals surface area contributed by atoms with Crippen LogP contribution in [-0.4, -0.2) is 42.6 Å². The van der Waals surface area contributed by atoms with Gasteiger partial charge in [0, 0.05) is 54.0 Å². The average molecular weight is 529 g/mol. The average Bonchev–Trinajstić information content (AvgIpc) is 2.91. The Morgan fingerprint density at radius 2 is 1.56 bits per heavy atom. The van der Waals surface area contributed by atoms with Gasteiger partial charge < -0.3 is 19.7 Å². The minimum absolute atomic E-state index is 0.111. The molecule has 7 nitrogen and oxygen atoms in total. The zero-order valence-electron chi connectivity index (χ0n) is 23.2. The van der Waals surface area contributed by atoms with Crippen LogP contribution in [0.2, 0.25) is 0 Å². The second-order valence-corrected chi connectivity index (χ2v) is 10.6. The Morgan fingerprint density at radius 1 is 0.897 bits per heavy atom. The highest BCUT2D eigenvalue weighted by Crippen LogP contribution is 2.49. The molecule has 1 aliphatic heterocycles. The monoisotopic (exact) mass is 528 g/mol. The van der Waals surface area contributed by atoms with Crippen molar-refractivity contribution in [2.45, 2.75) is 65.2 Å². The number of nitrogens with zero attached hydrogens (tertiary/aromatic N) is 1. The molecule has 204 valence electrons. The van der Waals surface area contributed by atoms with Gasteiger partial charge in [-0.3, -0.25) is 14.4 Å². The zero-order valence-corrected chi connectivity index (χ0v) is 23.2. The molecular formula is C32H36N2O5. The van der Waals surface area contributed by atoms with Gasteiger partial charge in [-0.05, 0) is 81.3 Å². The van der Waals surface area contributed by atoms with Crippen molar-refractivity contribution < 1.29 is 23.9 Å². The van der Waals surface area contributed by atoms with E-state index in [1.54, 1.807) is 6.07 Å². The van der Waals surface area contributed by atoms with Crippen LogP contribution >= 0.6 is 0 Å². The van der Waals surface area contributed by atoms with Crippen LogP contribution in [0.3, 0.4) is 0 Å². The SMILES string of the molecule is CCOc1cc(C2C3=C(CCCC3=O)N(C)C3=C2C(=O)CCC3)ccc1OCC(=O)Nc1cc(C)ccc1C. The summed E-state index contributed by atoms with van der Waals surface area (Å²) in [6.07, 6.45) is 4.30. The van der Waals surface area contributed by atoms with Gasteiger partial charge in [0.25, 0.3) is 5.91 Å². The first-order valence-corrected chi connectivity index (χ1v) is 13.8. The molecule has 39 heavy (non-hydrogen) atoms. The highest BCUT2D eigenvalue weighted by Gasteiger charge is 2.42. The summed E-state index contributed by atoms with van der Waals surface area (Å²) in [7, 11) is 1.99. The van der Waals surface area contributed by atoms with Gasteiger partial charge in [0.15, 0.2) is 29.7 Å². The number of amides is 1. The highest BCUT2D eigenvalue weighted by molar-refractivity contribution is 6.06. The Labute approximate surface area is 229 Å². The van der Waals surface area contributed by atoms with Gasteiger partial charge in [-0.25, -0.2) is 0 Å². The third kappa shape index (κ3) is 5.22. The number of hydrogen-bond acceptors (Lipinski definition) is 6. The molecule has 0 saturated heterocycles. The fourth-order valence-electron chi connectivity index (χ4n) is 5.98. The van der Waals surface area contributed by atoms with E-state index in [2.05, 4.69) is 10.2 Å². The summed E-state index contributed by atoms with van der Waals surface area (Å²) in [6, 6.07) is 11.5. The lowest BCUT2D eigenvalue weighted by atomic mass is 9.71. The summed E-state index contributed by atoms with van der Waals surface area (Å²) in [5, 5.41) is 2.92. The van der Waals surface area contributed by atoms with E-state index in [1.807, 2.05) is 58.2 Å². The first kappa shape index (κ1) is 26.7. The van der Waals surface area contributed by atoms with Crippen LogP contribution in [0.1, 0.15) is 68.1 Å². The predicted molar refractivity (Wildman–Crippen MR) is 150 cm³/mol. The Morgan fingerprint density at radius 3 is 2.21 bits per heavy atom. The molecule has 2 aromatic carbocycles. The van der Waals surface area contributed by atoms with Crippen molar-refractivity contribution in [3.63, 3.8) is 0 Å². The van der Waals surface area contributed by atoms with Gasteiger partial charge in [-0.2, -0.15) is 0 Å². The Kier molecular flexibility index (Phi) is 7.60. The Hall–Kier alpha value is -3.87. The lowest BCUT2D eigenvalue weighted by molar-refractivity contribution is -0.118. The first-order chi connectivity index (χ1) is 18.8. The number of Topliss-reactive ketones (excluding diaryl/α,β-unsaturated/α-hetero) is 2. The number of nitrogens with one attached hydrogen (secondary N) is 1. The summed E-state index contributed by atoms with van der Waals surface area (Å²) >= 11 is 0. The summed E-state index contributed by atoms with van der Waals surface area (Å²) in [5.41, 5.74) is 7.17. The summed E-state index contributed by atoms with van der Waals surface area (Å²) in [6.45, 7) is 6.03. The maximum absolute atomic E-state index is 13.3. The molecule has 0 spiro atoms. The molecule has 1 amide bonds. The smallest absolute Gasteiger partial charge is 0.262 e. The second-order valence-electron chi connectivity index (χ2n) is 10.6. The van der Waals surface area contributed by atoms with Crippen LogP contribution in [0.4, 0.5) is 5.69 Å². The predicted octanol–water partition coefficient (Wildman–Crippen LogP) is 5.76. The molecule has 7 heteroatoms. The lowest BCUT2D eigenvalue weighted by Gasteiger charge is -2.42. The largest absolute Gasteiger partial charge is 0.490 e. The number of anilines is 1. The molecule has 0 aromatic heterocycles. The van der Waals surface area contributed by atoms with E-state index in [0.29, 0.717) is 30.9 Å². The number of ether oxygens (including phenoxy) is 2. The van der Waals surface area contributed by atoms with E-state index < -0.39 is 5.92 Å². The topological polar surface area (TPSA) is 84.9 Å². The van der Waals surface area contributed by atoms with Crippen LogP contribution < -0.4 is 14.8 Å². The number of rotatable bonds is 7. The minimum atomic E-state index is -0.410. The molecule has 3 aliphatic rings. The normalized spacial score (nSPS) is 17.7. The third-order valence-corrected chi connectivity index (χ3v) is 7.87. The van der Waals surface area contributed by atoms with Crippen molar-refractivity contribution in [3.8, 4) is 11.5 Å². The Balaban J connectivity index is 1.45. The van der Waals surface area contributed by atoms with Gasteiger partial charge in [-0.15, -0.1) is 0 Å². The van der Waals surface area contributed by atoms with Gasteiger partial charge in [-0.1, -0.05) is 18.2 Å². The van der Waals surface area contributed by atoms with Gasteiger partial charge in [0.05, 0.1) is 6.61 Å². The van der Waals surface area contributed by atoms with Crippen LogP contribution in [0, 0.1) is 13.8 Å². The van der Waals surface area contributed by atoms with Gasteiger partial charge in [0.2, 0.25) is 0 Å². The maximum atomic E-state index is 13.3. The number of carbonyl (C=O) groups is 3. The fourth-order valence-corrected chi connectivity index (χ4v) is 5.98. The summed E-state index contributed by atoms with van der Waals surface area (Å²) in [4.78, 5) is 41.3. The molecule has 2 aromatic rings. The van der Waals surface area contributed by atoms with Gasteiger partial charge in [0.1, 0.15) is 0 Å². The van der Waals surface area contributed by atoms with Crippen molar-refractivity contribution in [2.24, 2.45) is 0 Å². The molecule has 0 radical (unpaired) electrons. The maximum Gasteiger partial charge on any atom is 0.262 e. The van der Waals surface area contributed by atoms with Crippen LogP contribution in [0.5, 0.6) is 11.5 Å². The van der Waals surface area contributed by atoms with Crippen molar-refractivity contribution in [1.29, 1.82) is 0 Å². The lowest BCUT2D eigenvalue weighted by Crippen LogP contribution is -2.37. The van der Waals surface area contributed by atoms with Crippen molar-refractivity contribution in [3.05, 3.63) is 75.6 Å². The number of aryl methyl sites for hydroxylation is 2. The zero-order chi connectivity index (χ0) is 27.7. The number of hydrogen-bond donors (Lipinski definition) is 1. The molecule has 1 heterocycles. The summed E-state index contributed by atoms with van der Waals surface area (Å²) in [5.74, 6) is 0.476. The molecule has 0 bridgehead atoms. The van der Waals surface area contributed by atoms with E-state index in [0.717, 1.165) is 70.6 Å². The first-order valence-electron chi connectivity index (χ1n) is 13.8. The molecule has 5 rings (SSSR count). The minimum Gasteiger partial charge on any atom is -0.490 e. The van der Waals surface area contributed by atoms with Crippen molar-refractivity contribution >= 4 is 23.2 Å². The molecule has 0 atom stereocenters. The van der Waals surface area contributed by atoms with Crippen molar-refractivity contribution in [1.82, 2.24) is 4.90 Å². The molecule has 2 aliphatic carbocycles. The number of carbonyl (C=O) groups excluding carboxylic acids is 3. The highest BCUT2D eigenvalue weighted by atomic mass is 16.5. The Bertz CT molecular complexity index is 1360.